The van der Waals surface area contributed by atoms with Crippen molar-refractivity contribution in [2.75, 3.05) is 25.1 Å². The molecule has 2 fully saturated rings. The standard InChI is InChI=1S/C25H32F2N3O10P/c1-3-4-5-9-36-24(33)29-20-6-8-30(23(32)28-20)22-25(2,34)21(31)19(39-22)14-38-41(35)37-10-7-18(40-41)15-11-16(26)13-17(27)12-15/h6,8,11-13,18-19,21-22,31,34H,3-5,7,9-10,14H2,1-2H3,(H,28,29,32,33)/t18?,19-,21-,22-,25-,41?/m1/s1. The van der Waals surface area contributed by atoms with Gasteiger partial charge in [0.25, 0.3) is 0 Å². The summed E-state index contributed by atoms with van der Waals surface area (Å²) in [5.74, 6) is -1.77. The maximum Gasteiger partial charge on any atom is 0.475 e. The first-order valence-electron chi connectivity index (χ1n) is 13.0. The van der Waals surface area contributed by atoms with Crippen molar-refractivity contribution in [2.45, 2.75) is 69.7 Å². The number of aliphatic hydroxyl groups is 2. The predicted octanol–water partition coefficient (Wildman–Crippen LogP) is 3.57. The Morgan fingerprint density at radius 1 is 1.29 bits per heavy atom. The molecule has 0 aliphatic carbocycles. The van der Waals surface area contributed by atoms with E-state index in [0.29, 0.717) is 12.5 Å². The van der Waals surface area contributed by atoms with E-state index in [9.17, 15) is 33.1 Å². The zero-order chi connectivity index (χ0) is 29.8. The number of nitrogens with one attached hydrogen (secondary N) is 1. The van der Waals surface area contributed by atoms with E-state index in [1.54, 1.807) is 0 Å². The molecule has 2 aromatic rings. The molecule has 2 aliphatic heterocycles. The van der Waals surface area contributed by atoms with Crippen molar-refractivity contribution in [3.05, 3.63) is 58.1 Å². The summed E-state index contributed by atoms with van der Waals surface area (Å²) >= 11 is 0. The van der Waals surface area contributed by atoms with Crippen molar-refractivity contribution in [1.82, 2.24) is 9.55 Å². The van der Waals surface area contributed by atoms with E-state index in [1.807, 2.05) is 6.92 Å². The van der Waals surface area contributed by atoms with Crippen LogP contribution in [0.15, 0.2) is 35.3 Å². The first-order chi connectivity index (χ1) is 19.4. The second-order valence-electron chi connectivity index (χ2n) is 9.83. The van der Waals surface area contributed by atoms with Crippen molar-refractivity contribution >= 4 is 19.7 Å². The van der Waals surface area contributed by atoms with E-state index in [4.69, 9.17) is 23.0 Å². The molecular formula is C25H32F2N3O10P. The van der Waals surface area contributed by atoms with Crippen LogP contribution in [-0.2, 0) is 27.6 Å². The average molecular weight is 604 g/mol. The first kappa shape index (κ1) is 31.2. The molecule has 2 saturated heterocycles. The van der Waals surface area contributed by atoms with Gasteiger partial charge in [0.15, 0.2) is 6.23 Å². The van der Waals surface area contributed by atoms with E-state index in [-0.39, 0.29) is 31.0 Å². The Morgan fingerprint density at radius 3 is 2.71 bits per heavy atom. The number of aliphatic hydroxyl groups excluding tert-OH is 1. The molecule has 0 saturated carbocycles. The summed E-state index contributed by atoms with van der Waals surface area (Å²) in [6.07, 6.45) is -2.25. The summed E-state index contributed by atoms with van der Waals surface area (Å²) in [6, 6.07) is 4.05. The van der Waals surface area contributed by atoms with Gasteiger partial charge in [-0.2, -0.15) is 4.98 Å². The first-order valence-corrected chi connectivity index (χ1v) is 14.5. The minimum atomic E-state index is -4.27. The molecule has 13 nitrogen and oxygen atoms in total. The lowest BCUT2D eigenvalue weighted by atomic mass is 9.96. The molecule has 2 aliphatic rings. The Morgan fingerprint density at radius 2 is 2.02 bits per heavy atom. The summed E-state index contributed by atoms with van der Waals surface area (Å²) in [6.45, 7) is 2.74. The molecule has 41 heavy (non-hydrogen) atoms. The van der Waals surface area contributed by atoms with Crippen LogP contribution in [0.3, 0.4) is 0 Å². The number of nitrogens with zero attached hydrogens (tertiary/aromatic N) is 2. The van der Waals surface area contributed by atoms with Crippen LogP contribution in [0.4, 0.5) is 19.4 Å². The van der Waals surface area contributed by atoms with Crippen LogP contribution in [0.1, 0.15) is 57.4 Å². The molecule has 4 rings (SSSR count). The number of ether oxygens (including phenoxy) is 2. The Labute approximate surface area is 234 Å². The third kappa shape index (κ3) is 7.55. The number of phosphoric ester groups is 1. The van der Waals surface area contributed by atoms with Gasteiger partial charge in [-0.05, 0) is 37.1 Å². The number of aromatic nitrogens is 2. The van der Waals surface area contributed by atoms with Gasteiger partial charge in [-0.15, -0.1) is 0 Å². The Bertz CT molecular complexity index is 1320. The van der Waals surface area contributed by atoms with Gasteiger partial charge in [-0.25, -0.2) is 22.9 Å². The highest BCUT2D eigenvalue weighted by molar-refractivity contribution is 7.48. The quantitative estimate of drug-likeness (QED) is 0.268. The van der Waals surface area contributed by atoms with Crippen LogP contribution in [0.5, 0.6) is 0 Å². The second kappa shape index (κ2) is 13.0. The van der Waals surface area contributed by atoms with Crippen LogP contribution in [0, 0.1) is 11.6 Å². The van der Waals surface area contributed by atoms with Gasteiger partial charge in [0, 0.05) is 18.7 Å². The maximum absolute atomic E-state index is 13.6. The van der Waals surface area contributed by atoms with Gasteiger partial charge in [0.05, 0.1) is 25.9 Å². The molecule has 2 unspecified atom stereocenters. The normalized spacial score (nSPS) is 29.8. The highest BCUT2D eigenvalue weighted by Crippen LogP contribution is 2.57. The number of hydrogen-bond acceptors (Lipinski definition) is 11. The molecule has 1 aromatic heterocycles. The molecule has 1 amide bonds. The van der Waals surface area contributed by atoms with Gasteiger partial charge >= 0.3 is 19.6 Å². The largest absolute Gasteiger partial charge is 0.475 e. The molecule has 3 N–H and O–H groups in total. The van der Waals surface area contributed by atoms with Gasteiger partial charge in [0.2, 0.25) is 0 Å². The number of carbonyl (C=O) groups is 1. The molecule has 6 atom stereocenters. The number of rotatable bonds is 10. The van der Waals surface area contributed by atoms with Crippen molar-refractivity contribution < 1.29 is 51.4 Å². The minimum Gasteiger partial charge on any atom is -0.449 e. The maximum atomic E-state index is 13.6. The fourth-order valence-corrected chi connectivity index (χ4v) is 5.82. The Balaban J connectivity index is 1.39. The van der Waals surface area contributed by atoms with Crippen LogP contribution >= 0.6 is 7.82 Å². The van der Waals surface area contributed by atoms with E-state index in [1.165, 1.54) is 19.2 Å². The molecular weight excluding hydrogens is 571 g/mol. The zero-order valence-electron chi connectivity index (χ0n) is 22.4. The monoisotopic (exact) mass is 603 g/mol. The van der Waals surface area contributed by atoms with Gasteiger partial charge in [-0.3, -0.25) is 23.5 Å². The van der Waals surface area contributed by atoms with Gasteiger partial charge < -0.3 is 19.7 Å². The molecule has 0 bridgehead atoms. The summed E-state index contributed by atoms with van der Waals surface area (Å²) < 4.78 is 67.9. The Kier molecular flexibility index (Phi) is 9.90. The SMILES string of the molecule is CCCCCOC(=O)Nc1ccn([C@@H]2O[C@H](COP3(=O)OCCC(c4cc(F)cc(F)c4)O3)[C@@H](O)[C@@]2(C)O)c(=O)n1. The Hall–Kier alpha value is -2.78. The van der Waals surface area contributed by atoms with Crippen molar-refractivity contribution in [2.24, 2.45) is 0 Å². The molecule has 1 aromatic carbocycles. The highest BCUT2D eigenvalue weighted by Gasteiger charge is 2.54. The van der Waals surface area contributed by atoms with Crippen LogP contribution in [0.25, 0.3) is 0 Å². The number of carbonyl (C=O) groups excluding carboxylic acids is 1. The summed E-state index contributed by atoms with van der Waals surface area (Å²) in [7, 11) is -4.27. The highest BCUT2D eigenvalue weighted by atomic mass is 31.2. The second-order valence-corrected chi connectivity index (χ2v) is 11.5. The topological polar surface area (TPSA) is 168 Å². The molecule has 16 heteroatoms. The van der Waals surface area contributed by atoms with Crippen LogP contribution in [0.2, 0.25) is 0 Å². The third-order valence-electron chi connectivity index (χ3n) is 6.59. The predicted molar refractivity (Wildman–Crippen MR) is 138 cm³/mol. The smallest absolute Gasteiger partial charge is 0.449 e. The number of halogens is 2. The third-order valence-corrected chi connectivity index (χ3v) is 8.06. The lowest BCUT2D eigenvalue weighted by Gasteiger charge is -2.30. The van der Waals surface area contributed by atoms with Crippen LogP contribution < -0.4 is 11.0 Å². The van der Waals surface area contributed by atoms with E-state index in [2.05, 4.69) is 10.3 Å². The van der Waals surface area contributed by atoms with Crippen molar-refractivity contribution in [3.63, 3.8) is 0 Å². The molecule has 226 valence electrons. The van der Waals surface area contributed by atoms with Crippen molar-refractivity contribution in [1.29, 1.82) is 0 Å². The summed E-state index contributed by atoms with van der Waals surface area (Å²) in [5.41, 5.74) is -2.84. The summed E-state index contributed by atoms with van der Waals surface area (Å²) in [4.78, 5) is 28.4. The zero-order valence-corrected chi connectivity index (χ0v) is 23.3. The lowest BCUT2D eigenvalue weighted by molar-refractivity contribution is -0.0989. The number of amides is 1. The fraction of sp³-hybridized carbons (Fsp3) is 0.560. The molecule has 0 spiro atoms. The number of benzene rings is 1. The van der Waals surface area contributed by atoms with Crippen LogP contribution in [-0.4, -0.2) is 63.5 Å². The summed E-state index contributed by atoms with van der Waals surface area (Å²) in [5, 5.41) is 24.0. The minimum absolute atomic E-state index is 0.0951. The number of phosphoric acid groups is 1. The fourth-order valence-electron chi connectivity index (χ4n) is 4.43. The number of unbranched alkanes of at least 4 members (excludes halogenated alkanes) is 2. The average Bonchev–Trinajstić information content (AvgIpc) is 3.13. The van der Waals surface area contributed by atoms with E-state index >= 15 is 0 Å². The van der Waals surface area contributed by atoms with Crippen molar-refractivity contribution in [3.8, 4) is 0 Å². The lowest BCUT2D eigenvalue weighted by Crippen LogP contribution is -2.46. The number of anilines is 1. The number of hydrogen-bond donors (Lipinski definition) is 3. The molecule has 3 heterocycles. The molecule has 0 radical (unpaired) electrons. The van der Waals surface area contributed by atoms with E-state index in [0.717, 1.165) is 29.5 Å². The van der Waals surface area contributed by atoms with E-state index < -0.39 is 68.0 Å². The van der Waals surface area contributed by atoms with Gasteiger partial charge in [-0.1, -0.05) is 19.8 Å². The van der Waals surface area contributed by atoms with Gasteiger partial charge in [0.1, 0.15) is 35.3 Å².